The van der Waals surface area contributed by atoms with Crippen LogP contribution in [-0.2, 0) is 14.4 Å². The van der Waals surface area contributed by atoms with E-state index >= 15 is 0 Å². The lowest BCUT2D eigenvalue weighted by molar-refractivity contribution is -0.134. The van der Waals surface area contributed by atoms with Gasteiger partial charge in [0.25, 0.3) is 0 Å². The van der Waals surface area contributed by atoms with Crippen LogP contribution in [0.4, 0.5) is 11.5 Å². The summed E-state index contributed by atoms with van der Waals surface area (Å²) in [5.74, 6) is 0.433. The van der Waals surface area contributed by atoms with Crippen LogP contribution in [0.1, 0.15) is 55.2 Å². The van der Waals surface area contributed by atoms with Gasteiger partial charge in [0.1, 0.15) is 5.82 Å². The molecular weight excluding hydrogens is 394 g/mol. The van der Waals surface area contributed by atoms with Crippen LogP contribution in [0.15, 0.2) is 30.5 Å². The molecule has 3 aliphatic rings. The van der Waals surface area contributed by atoms with Crippen LogP contribution in [0, 0.1) is 12.8 Å². The van der Waals surface area contributed by atoms with Gasteiger partial charge in [0.05, 0.1) is 18.2 Å². The predicted molar refractivity (Wildman–Crippen MR) is 116 cm³/mol. The van der Waals surface area contributed by atoms with E-state index in [1.54, 1.807) is 6.20 Å². The minimum absolute atomic E-state index is 0.00989. The SMILES string of the molecule is Cc1ccc2c(c1)C(CC(=O)N1CCC(n3nccc3NC(=O)C3CC3)CC1)C(=O)N2. The maximum Gasteiger partial charge on any atom is 0.232 e. The van der Waals surface area contributed by atoms with Crippen LogP contribution < -0.4 is 10.6 Å². The first kappa shape index (κ1) is 19.8. The summed E-state index contributed by atoms with van der Waals surface area (Å²) in [7, 11) is 0. The zero-order valence-electron chi connectivity index (χ0n) is 17.6. The number of nitrogens with zero attached hydrogens (tertiary/aromatic N) is 3. The summed E-state index contributed by atoms with van der Waals surface area (Å²) in [5, 5.41) is 10.3. The molecule has 8 nitrogen and oxygen atoms in total. The third-order valence-corrected chi connectivity index (χ3v) is 6.57. The van der Waals surface area contributed by atoms with Crippen molar-refractivity contribution < 1.29 is 14.4 Å². The molecule has 1 unspecified atom stereocenters. The number of nitrogens with one attached hydrogen (secondary N) is 2. The Labute approximate surface area is 181 Å². The Kier molecular flexibility index (Phi) is 5.00. The van der Waals surface area contributed by atoms with Crippen molar-refractivity contribution in [1.82, 2.24) is 14.7 Å². The van der Waals surface area contributed by atoms with Gasteiger partial charge in [-0.3, -0.25) is 14.4 Å². The van der Waals surface area contributed by atoms with Gasteiger partial charge in [0.15, 0.2) is 0 Å². The number of piperidine rings is 1. The Morgan fingerprint density at radius 2 is 1.94 bits per heavy atom. The minimum atomic E-state index is -0.421. The molecule has 1 atom stereocenters. The summed E-state index contributed by atoms with van der Waals surface area (Å²) in [6.45, 7) is 3.23. The molecule has 3 amide bonds. The Bertz CT molecular complexity index is 1030. The standard InChI is InChI=1S/C23H27N5O3/c1-14-2-5-19-17(12-14)18(23(31)25-19)13-21(29)27-10-7-16(8-11-27)28-20(6-9-24-28)26-22(30)15-3-4-15/h2,5-6,9,12,15-16,18H,3-4,7-8,10-11,13H2,1H3,(H,25,31)(H,26,30). The van der Waals surface area contributed by atoms with E-state index in [1.807, 2.05) is 40.8 Å². The topological polar surface area (TPSA) is 96.3 Å². The van der Waals surface area contributed by atoms with Gasteiger partial charge < -0.3 is 15.5 Å². The highest BCUT2D eigenvalue weighted by Gasteiger charge is 2.35. The molecule has 1 saturated carbocycles. The number of carbonyl (C=O) groups excluding carboxylic acids is 3. The molecule has 0 radical (unpaired) electrons. The van der Waals surface area contributed by atoms with Gasteiger partial charge in [-0.05, 0) is 44.2 Å². The highest BCUT2D eigenvalue weighted by Crippen LogP contribution is 2.36. The number of fused-ring (bicyclic) bond motifs is 1. The largest absolute Gasteiger partial charge is 0.343 e. The maximum atomic E-state index is 12.9. The highest BCUT2D eigenvalue weighted by molar-refractivity contribution is 6.05. The lowest BCUT2D eigenvalue weighted by atomic mass is 9.94. The van der Waals surface area contributed by atoms with Crippen molar-refractivity contribution in [3.8, 4) is 0 Å². The van der Waals surface area contributed by atoms with Crippen LogP contribution in [0.25, 0.3) is 0 Å². The van der Waals surface area contributed by atoms with Crippen molar-refractivity contribution in [1.29, 1.82) is 0 Å². The fraction of sp³-hybridized carbons (Fsp3) is 0.478. The predicted octanol–water partition coefficient (Wildman–Crippen LogP) is 2.83. The number of amides is 3. The van der Waals surface area contributed by atoms with Crippen LogP contribution in [-0.4, -0.2) is 45.5 Å². The van der Waals surface area contributed by atoms with E-state index in [0.717, 1.165) is 48.3 Å². The number of likely N-dealkylation sites (tertiary alicyclic amines) is 1. The van der Waals surface area contributed by atoms with Gasteiger partial charge in [0, 0.05) is 37.2 Å². The molecule has 1 saturated heterocycles. The van der Waals surface area contributed by atoms with Crippen molar-refractivity contribution in [2.24, 2.45) is 5.92 Å². The van der Waals surface area contributed by atoms with E-state index in [2.05, 4.69) is 15.7 Å². The molecular formula is C23H27N5O3. The molecule has 2 aromatic rings. The Balaban J connectivity index is 1.19. The van der Waals surface area contributed by atoms with E-state index in [9.17, 15) is 14.4 Å². The maximum absolute atomic E-state index is 12.9. The summed E-state index contributed by atoms with van der Waals surface area (Å²) in [5.41, 5.74) is 2.81. The van der Waals surface area contributed by atoms with E-state index in [1.165, 1.54) is 0 Å². The Morgan fingerprint density at radius 1 is 1.16 bits per heavy atom. The van der Waals surface area contributed by atoms with Crippen molar-refractivity contribution in [3.05, 3.63) is 41.6 Å². The smallest absolute Gasteiger partial charge is 0.232 e. The molecule has 2 N–H and O–H groups in total. The second-order valence-corrected chi connectivity index (χ2v) is 8.87. The monoisotopic (exact) mass is 421 g/mol. The normalized spacial score (nSPS) is 21.0. The zero-order valence-corrected chi connectivity index (χ0v) is 17.6. The third kappa shape index (κ3) is 3.94. The van der Waals surface area contributed by atoms with Gasteiger partial charge in [0.2, 0.25) is 17.7 Å². The first-order valence-electron chi connectivity index (χ1n) is 11.0. The summed E-state index contributed by atoms with van der Waals surface area (Å²) >= 11 is 0. The summed E-state index contributed by atoms with van der Waals surface area (Å²) in [6, 6.07) is 7.84. The zero-order chi connectivity index (χ0) is 21.5. The first-order chi connectivity index (χ1) is 15.0. The second kappa shape index (κ2) is 7.83. The number of rotatable bonds is 5. The fourth-order valence-electron chi connectivity index (χ4n) is 4.59. The fourth-order valence-corrected chi connectivity index (χ4v) is 4.59. The molecule has 0 spiro atoms. The quantitative estimate of drug-likeness (QED) is 0.776. The molecule has 2 fully saturated rings. The second-order valence-electron chi connectivity index (χ2n) is 8.87. The van der Waals surface area contributed by atoms with Crippen LogP contribution in [0.2, 0.25) is 0 Å². The number of hydrogen-bond acceptors (Lipinski definition) is 4. The Morgan fingerprint density at radius 3 is 2.68 bits per heavy atom. The number of anilines is 2. The molecule has 5 rings (SSSR count). The third-order valence-electron chi connectivity index (χ3n) is 6.57. The summed E-state index contributed by atoms with van der Waals surface area (Å²) in [6.07, 6.45) is 5.36. The van der Waals surface area contributed by atoms with Crippen molar-refractivity contribution in [2.75, 3.05) is 23.7 Å². The van der Waals surface area contributed by atoms with E-state index in [0.29, 0.717) is 13.1 Å². The van der Waals surface area contributed by atoms with Crippen LogP contribution in [0.5, 0.6) is 0 Å². The average Bonchev–Trinajstić information content (AvgIpc) is 3.45. The van der Waals surface area contributed by atoms with E-state index < -0.39 is 5.92 Å². The molecule has 1 aliphatic carbocycles. The molecule has 31 heavy (non-hydrogen) atoms. The summed E-state index contributed by atoms with van der Waals surface area (Å²) in [4.78, 5) is 39.3. The van der Waals surface area contributed by atoms with Gasteiger partial charge in [-0.2, -0.15) is 5.10 Å². The first-order valence-corrected chi connectivity index (χ1v) is 11.0. The van der Waals surface area contributed by atoms with Crippen LogP contribution in [0.3, 0.4) is 0 Å². The highest BCUT2D eigenvalue weighted by atomic mass is 16.2. The number of carbonyl (C=O) groups is 3. The van der Waals surface area contributed by atoms with Crippen LogP contribution >= 0.6 is 0 Å². The number of hydrogen-bond donors (Lipinski definition) is 2. The van der Waals surface area contributed by atoms with Gasteiger partial charge in [-0.15, -0.1) is 0 Å². The average molecular weight is 422 g/mol. The summed E-state index contributed by atoms with van der Waals surface area (Å²) < 4.78 is 1.88. The van der Waals surface area contributed by atoms with Gasteiger partial charge in [-0.25, -0.2) is 4.68 Å². The van der Waals surface area contributed by atoms with Gasteiger partial charge in [-0.1, -0.05) is 17.7 Å². The molecule has 1 aromatic heterocycles. The molecule has 1 aromatic carbocycles. The van der Waals surface area contributed by atoms with E-state index in [-0.39, 0.29) is 36.1 Å². The molecule has 8 heteroatoms. The Hall–Kier alpha value is -3.16. The lowest BCUT2D eigenvalue weighted by Gasteiger charge is -2.33. The number of aryl methyl sites for hydroxylation is 1. The molecule has 3 heterocycles. The van der Waals surface area contributed by atoms with Crippen molar-refractivity contribution >= 4 is 29.2 Å². The molecule has 2 aliphatic heterocycles. The van der Waals surface area contributed by atoms with Gasteiger partial charge >= 0.3 is 0 Å². The van der Waals surface area contributed by atoms with E-state index in [4.69, 9.17) is 0 Å². The van der Waals surface area contributed by atoms with Crippen molar-refractivity contribution in [2.45, 2.75) is 51.0 Å². The molecule has 162 valence electrons. The molecule has 0 bridgehead atoms. The lowest BCUT2D eigenvalue weighted by Crippen LogP contribution is -2.40. The number of aromatic nitrogens is 2. The minimum Gasteiger partial charge on any atom is -0.343 e. The number of benzene rings is 1. The van der Waals surface area contributed by atoms with Crippen molar-refractivity contribution in [3.63, 3.8) is 0 Å².